The molecule has 1 aromatic rings. The number of methoxy groups -OCH3 is 1. The highest BCUT2D eigenvalue weighted by molar-refractivity contribution is 5.90. The highest BCUT2D eigenvalue weighted by atomic mass is 19.4. The standard InChI is InChI=1S/C15H17F3N2O3/c1-22-13(21)10-7-19-11(20-12(10)15(16,17)18)3-2-9-6-14(9)4-5-23-8-14/h7,9H,2-6,8H2,1H3/t9-,14-/m0/s1. The Morgan fingerprint density at radius 1 is 1.52 bits per heavy atom. The number of halogens is 3. The maximum Gasteiger partial charge on any atom is 0.434 e. The lowest BCUT2D eigenvalue weighted by atomic mass is 10.0. The molecule has 1 saturated heterocycles. The number of hydrogen-bond donors (Lipinski definition) is 0. The van der Waals surface area contributed by atoms with Crippen molar-refractivity contribution in [2.45, 2.75) is 31.9 Å². The highest BCUT2D eigenvalue weighted by Gasteiger charge is 2.55. The largest absolute Gasteiger partial charge is 0.465 e. The van der Waals surface area contributed by atoms with E-state index in [4.69, 9.17) is 4.74 Å². The predicted octanol–water partition coefficient (Wildman–Crippen LogP) is 2.64. The smallest absolute Gasteiger partial charge is 0.434 e. The quantitative estimate of drug-likeness (QED) is 0.794. The first-order chi connectivity index (χ1) is 10.9. The zero-order valence-electron chi connectivity index (χ0n) is 12.7. The van der Waals surface area contributed by atoms with Crippen molar-refractivity contribution < 1.29 is 27.4 Å². The maximum absolute atomic E-state index is 13.1. The molecule has 1 saturated carbocycles. The van der Waals surface area contributed by atoms with E-state index in [1.165, 1.54) is 0 Å². The van der Waals surface area contributed by atoms with Crippen LogP contribution in [-0.4, -0.2) is 36.3 Å². The molecule has 1 aromatic heterocycles. The molecule has 1 spiro atoms. The summed E-state index contributed by atoms with van der Waals surface area (Å²) in [5, 5.41) is 0. The number of carbonyl (C=O) groups excluding carboxylic acids is 1. The van der Waals surface area contributed by atoms with Gasteiger partial charge in [0.1, 0.15) is 11.4 Å². The van der Waals surface area contributed by atoms with Crippen molar-refractivity contribution in [3.8, 4) is 0 Å². The molecule has 2 fully saturated rings. The minimum atomic E-state index is -4.72. The molecular formula is C15H17F3N2O3. The molecule has 0 unspecified atom stereocenters. The van der Waals surface area contributed by atoms with Crippen LogP contribution >= 0.6 is 0 Å². The average Bonchev–Trinajstić information content (AvgIpc) is 2.96. The van der Waals surface area contributed by atoms with Gasteiger partial charge < -0.3 is 9.47 Å². The first-order valence-corrected chi connectivity index (χ1v) is 7.45. The summed E-state index contributed by atoms with van der Waals surface area (Å²) >= 11 is 0. The van der Waals surface area contributed by atoms with Gasteiger partial charge in [-0.15, -0.1) is 0 Å². The molecule has 0 amide bonds. The van der Waals surface area contributed by atoms with Crippen LogP contribution in [0.5, 0.6) is 0 Å². The molecule has 0 radical (unpaired) electrons. The Labute approximate surface area is 131 Å². The lowest BCUT2D eigenvalue weighted by Gasteiger charge is -2.12. The Hall–Kier alpha value is -1.70. The Balaban J connectivity index is 1.72. The van der Waals surface area contributed by atoms with Crippen LogP contribution in [0, 0.1) is 11.3 Å². The molecule has 8 heteroatoms. The van der Waals surface area contributed by atoms with E-state index in [0.29, 0.717) is 12.3 Å². The monoisotopic (exact) mass is 330 g/mol. The van der Waals surface area contributed by atoms with Crippen LogP contribution in [0.15, 0.2) is 6.20 Å². The number of aryl methyl sites for hydroxylation is 1. The normalized spacial score (nSPS) is 26.5. The summed E-state index contributed by atoms with van der Waals surface area (Å²) < 4.78 is 48.9. The molecule has 2 aliphatic rings. The van der Waals surface area contributed by atoms with Crippen LogP contribution in [0.25, 0.3) is 0 Å². The van der Waals surface area contributed by atoms with Crippen molar-refractivity contribution in [3.05, 3.63) is 23.3 Å². The fraction of sp³-hybridized carbons (Fsp3) is 0.667. The summed E-state index contributed by atoms with van der Waals surface area (Å²) in [5.74, 6) is -0.526. The van der Waals surface area contributed by atoms with Crippen LogP contribution in [0.2, 0.25) is 0 Å². The predicted molar refractivity (Wildman–Crippen MR) is 72.7 cm³/mol. The molecule has 1 aliphatic heterocycles. The molecule has 3 rings (SSSR count). The molecule has 23 heavy (non-hydrogen) atoms. The van der Waals surface area contributed by atoms with Crippen LogP contribution < -0.4 is 0 Å². The third-order valence-electron chi connectivity index (χ3n) is 4.72. The van der Waals surface area contributed by atoms with Gasteiger partial charge in [-0.1, -0.05) is 0 Å². The highest BCUT2D eigenvalue weighted by Crippen LogP contribution is 2.59. The third-order valence-corrected chi connectivity index (χ3v) is 4.72. The van der Waals surface area contributed by atoms with Crippen LogP contribution in [0.4, 0.5) is 13.2 Å². The number of nitrogens with zero attached hydrogens (tertiary/aromatic N) is 2. The van der Waals surface area contributed by atoms with Gasteiger partial charge in [0, 0.05) is 19.2 Å². The number of esters is 1. The minimum absolute atomic E-state index is 0.103. The van der Waals surface area contributed by atoms with Gasteiger partial charge in [0.2, 0.25) is 0 Å². The van der Waals surface area contributed by atoms with Gasteiger partial charge in [0.05, 0.1) is 13.7 Å². The van der Waals surface area contributed by atoms with Crippen molar-refractivity contribution in [1.29, 1.82) is 0 Å². The van der Waals surface area contributed by atoms with Crippen molar-refractivity contribution >= 4 is 5.97 Å². The number of alkyl halides is 3. The second-order valence-corrected chi connectivity index (χ2v) is 6.14. The number of ether oxygens (including phenoxy) is 2. The molecule has 5 nitrogen and oxygen atoms in total. The molecule has 2 heterocycles. The number of hydrogen-bond acceptors (Lipinski definition) is 5. The summed E-state index contributed by atoms with van der Waals surface area (Å²) in [7, 11) is 1.02. The first-order valence-electron chi connectivity index (χ1n) is 7.45. The van der Waals surface area contributed by atoms with Crippen molar-refractivity contribution in [2.24, 2.45) is 11.3 Å². The van der Waals surface area contributed by atoms with E-state index < -0.39 is 23.4 Å². The number of carbonyl (C=O) groups is 1. The van der Waals surface area contributed by atoms with Crippen molar-refractivity contribution in [1.82, 2.24) is 9.97 Å². The first kappa shape index (κ1) is 16.2. The van der Waals surface area contributed by atoms with Gasteiger partial charge in [0.25, 0.3) is 0 Å². The summed E-state index contributed by atoms with van der Waals surface area (Å²) in [5.41, 5.74) is -1.65. The number of rotatable bonds is 4. The Morgan fingerprint density at radius 2 is 2.30 bits per heavy atom. The molecule has 0 N–H and O–H groups in total. The summed E-state index contributed by atoms with van der Waals surface area (Å²) in [6.45, 7) is 1.51. The number of aromatic nitrogens is 2. The summed E-state index contributed by atoms with van der Waals surface area (Å²) in [4.78, 5) is 18.9. The molecule has 126 valence electrons. The van der Waals surface area contributed by atoms with Crippen molar-refractivity contribution in [2.75, 3.05) is 20.3 Å². The van der Waals surface area contributed by atoms with E-state index in [2.05, 4.69) is 14.7 Å². The van der Waals surface area contributed by atoms with Gasteiger partial charge >= 0.3 is 12.1 Å². The van der Waals surface area contributed by atoms with E-state index >= 15 is 0 Å². The topological polar surface area (TPSA) is 61.3 Å². The second-order valence-electron chi connectivity index (χ2n) is 6.14. The van der Waals surface area contributed by atoms with E-state index in [1.54, 1.807) is 0 Å². The van der Waals surface area contributed by atoms with Gasteiger partial charge in [-0.3, -0.25) is 0 Å². The fourth-order valence-electron chi connectivity index (χ4n) is 3.26. The zero-order chi connectivity index (χ0) is 16.7. The van der Waals surface area contributed by atoms with Crippen LogP contribution in [-0.2, 0) is 22.1 Å². The van der Waals surface area contributed by atoms with E-state index in [-0.39, 0.29) is 11.2 Å². The van der Waals surface area contributed by atoms with Gasteiger partial charge in [-0.05, 0) is 30.6 Å². The Bertz CT molecular complexity index is 612. The van der Waals surface area contributed by atoms with Crippen molar-refractivity contribution in [3.63, 3.8) is 0 Å². The second kappa shape index (κ2) is 5.74. The third kappa shape index (κ3) is 3.17. The molecule has 0 bridgehead atoms. The summed E-state index contributed by atoms with van der Waals surface area (Å²) in [6.07, 6.45) is -0.651. The van der Waals surface area contributed by atoms with Gasteiger partial charge in [-0.25, -0.2) is 14.8 Å². The Morgan fingerprint density at radius 3 is 2.91 bits per heavy atom. The molecule has 1 aliphatic carbocycles. The lowest BCUT2D eigenvalue weighted by Crippen LogP contribution is -2.18. The minimum Gasteiger partial charge on any atom is -0.465 e. The lowest BCUT2D eigenvalue weighted by molar-refractivity contribution is -0.141. The maximum atomic E-state index is 13.1. The fourth-order valence-corrected chi connectivity index (χ4v) is 3.26. The molecule has 0 aromatic carbocycles. The van der Waals surface area contributed by atoms with Crippen LogP contribution in [0.1, 0.15) is 41.1 Å². The molecule has 2 atom stereocenters. The molecular weight excluding hydrogens is 313 g/mol. The van der Waals surface area contributed by atoms with Gasteiger partial charge in [-0.2, -0.15) is 13.2 Å². The van der Waals surface area contributed by atoms with Gasteiger partial charge in [0.15, 0.2) is 5.69 Å². The zero-order valence-corrected chi connectivity index (χ0v) is 12.7. The summed E-state index contributed by atoms with van der Waals surface area (Å²) in [6, 6.07) is 0. The SMILES string of the molecule is COC(=O)c1cnc(CC[C@H]2C[C@]23CCOC3)nc1C(F)(F)F. The Kier molecular flexibility index (Phi) is 4.03. The van der Waals surface area contributed by atoms with E-state index in [9.17, 15) is 18.0 Å². The van der Waals surface area contributed by atoms with E-state index in [0.717, 1.165) is 45.8 Å². The van der Waals surface area contributed by atoms with E-state index in [1.807, 2.05) is 0 Å². The average molecular weight is 330 g/mol. The van der Waals surface area contributed by atoms with Crippen LogP contribution in [0.3, 0.4) is 0 Å².